The van der Waals surface area contributed by atoms with Gasteiger partial charge in [-0.1, -0.05) is 0 Å². The third-order valence-electron chi connectivity index (χ3n) is 4.09. The van der Waals surface area contributed by atoms with Gasteiger partial charge in [-0.15, -0.1) is 0 Å². The van der Waals surface area contributed by atoms with E-state index in [1.165, 1.54) is 30.3 Å². The smallest absolute Gasteiger partial charge is 0.276 e. The third kappa shape index (κ3) is 7.45. The van der Waals surface area contributed by atoms with Gasteiger partial charge in [0.2, 0.25) is 5.91 Å². The van der Waals surface area contributed by atoms with E-state index in [0.717, 1.165) is 12.3 Å². The molecule has 0 aliphatic carbocycles. The maximum atomic E-state index is 12.5. The molecule has 1 aromatic carbocycles. The highest BCUT2D eigenvalue weighted by Crippen LogP contribution is 2.12. The number of hydrogen-bond donors (Lipinski definition) is 4. The van der Waals surface area contributed by atoms with Crippen molar-refractivity contribution < 1.29 is 32.3 Å². The van der Waals surface area contributed by atoms with Crippen molar-refractivity contribution in [2.45, 2.75) is 11.8 Å². The zero-order valence-corrected chi connectivity index (χ0v) is 18.5. The number of sulfonamides is 1. The molecule has 0 spiro atoms. The van der Waals surface area contributed by atoms with Crippen molar-refractivity contribution in [3.63, 3.8) is 0 Å². The largest absolute Gasteiger partial charge is 0.380 e. The molecule has 176 valence electrons. The minimum absolute atomic E-state index is 0.134. The van der Waals surface area contributed by atoms with Crippen LogP contribution >= 0.6 is 0 Å². The van der Waals surface area contributed by atoms with E-state index >= 15 is 0 Å². The fraction of sp³-hybridized carbons (Fsp3) is 0.250. The van der Waals surface area contributed by atoms with Gasteiger partial charge in [0.15, 0.2) is 0 Å². The van der Waals surface area contributed by atoms with Gasteiger partial charge in [-0.2, -0.15) is 0 Å². The van der Waals surface area contributed by atoms with Crippen molar-refractivity contribution >= 4 is 33.7 Å². The normalized spacial score (nSPS) is 10.8. The topological polar surface area (TPSA) is 187 Å². The SMILES string of the molecule is CCOCCNC(=O)c1ccc(S(=O)(=O)NC(=O)c2ccc(C(=O)NC(=O)CN)nc2)cc1. The Morgan fingerprint density at radius 3 is 2.21 bits per heavy atom. The summed E-state index contributed by atoms with van der Waals surface area (Å²) < 4.78 is 32.0. The van der Waals surface area contributed by atoms with E-state index in [1.54, 1.807) is 0 Å². The van der Waals surface area contributed by atoms with Gasteiger partial charge in [0.25, 0.3) is 27.7 Å². The van der Waals surface area contributed by atoms with Crippen LogP contribution in [0.1, 0.15) is 38.1 Å². The lowest BCUT2D eigenvalue weighted by atomic mass is 10.2. The number of amides is 4. The summed E-state index contributed by atoms with van der Waals surface area (Å²) in [6.07, 6.45) is 0.988. The highest BCUT2D eigenvalue weighted by Gasteiger charge is 2.20. The highest BCUT2D eigenvalue weighted by atomic mass is 32.2. The van der Waals surface area contributed by atoms with E-state index in [4.69, 9.17) is 10.5 Å². The second-order valence-corrected chi connectivity index (χ2v) is 8.11. The van der Waals surface area contributed by atoms with Crippen LogP contribution in [-0.2, 0) is 19.6 Å². The fourth-order valence-electron chi connectivity index (χ4n) is 2.41. The lowest BCUT2D eigenvalue weighted by molar-refractivity contribution is -0.118. The van der Waals surface area contributed by atoms with Gasteiger partial charge in [0.1, 0.15) is 5.69 Å². The predicted octanol–water partition coefficient (Wildman–Crippen LogP) is -0.818. The molecule has 0 saturated heterocycles. The Hall–Kier alpha value is -3.68. The van der Waals surface area contributed by atoms with Crippen LogP contribution in [-0.4, -0.2) is 63.3 Å². The lowest BCUT2D eigenvalue weighted by Gasteiger charge is -2.09. The quantitative estimate of drug-likeness (QED) is 0.317. The minimum Gasteiger partial charge on any atom is -0.380 e. The molecule has 0 saturated carbocycles. The zero-order valence-electron chi connectivity index (χ0n) is 17.7. The van der Waals surface area contributed by atoms with Crippen molar-refractivity contribution in [1.82, 2.24) is 20.3 Å². The molecule has 12 nitrogen and oxygen atoms in total. The number of hydrogen-bond acceptors (Lipinski definition) is 9. The van der Waals surface area contributed by atoms with Crippen molar-refractivity contribution in [3.8, 4) is 0 Å². The molecule has 0 aliphatic rings. The van der Waals surface area contributed by atoms with E-state index in [0.29, 0.717) is 19.8 Å². The van der Waals surface area contributed by atoms with Crippen LogP contribution < -0.4 is 21.1 Å². The molecule has 13 heteroatoms. The summed E-state index contributed by atoms with van der Waals surface area (Å²) in [7, 11) is -4.24. The molecule has 2 rings (SSSR count). The predicted molar refractivity (Wildman–Crippen MR) is 116 cm³/mol. The van der Waals surface area contributed by atoms with Gasteiger partial charge < -0.3 is 15.8 Å². The first-order chi connectivity index (χ1) is 15.7. The van der Waals surface area contributed by atoms with Crippen LogP contribution in [0.3, 0.4) is 0 Å². The van der Waals surface area contributed by atoms with Crippen LogP contribution in [0.5, 0.6) is 0 Å². The van der Waals surface area contributed by atoms with E-state index in [1.807, 2.05) is 17.0 Å². The summed E-state index contributed by atoms with van der Waals surface area (Å²) >= 11 is 0. The van der Waals surface area contributed by atoms with Gasteiger partial charge in [-0.3, -0.25) is 29.5 Å². The maximum absolute atomic E-state index is 12.5. The molecule has 0 bridgehead atoms. The molecule has 0 unspecified atom stereocenters. The number of rotatable bonds is 10. The highest BCUT2D eigenvalue weighted by molar-refractivity contribution is 7.90. The standard InChI is InChI=1S/C20H23N5O7S/c1-2-32-10-9-22-18(27)13-3-6-15(7-4-13)33(30,31)25-19(28)14-5-8-16(23-12-14)20(29)24-17(26)11-21/h3-8,12H,2,9-11,21H2,1H3,(H,22,27)(H,25,28)(H,24,26,29). The number of pyridine rings is 1. The number of aromatic nitrogens is 1. The van der Waals surface area contributed by atoms with E-state index in [2.05, 4.69) is 10.3 Å². The van der Waals surface area contributed by atoms with Crippen LogP contribution in [0.25, 0.3) is 0 Å². The average Bonchev–Trinajstić information content (AvgIpc) is 2.81. The Kier molecular flexibility index (Phi) is 9.15. The number of nitrogens with two attached hydrogens (primary N) is 1. The van der Waals surface area contributed by atoms with E-state index < -0.39 is 33.7 Å². The molecule has 5 N–H and O–H groups in total. The average molecular weight is 477 g/mol. The van der Waals surface area contributed by atoms with E-state index in [9.17, 15) is 27.6 Å². The fourth-order valence-corrected chi connectivity index (χ4v) is 3.39. The number of carbonyl (C=O) groups excluding carboxylic acids is 4. The molecule has 0 aliphatic heterocycles. The van der Waals surface area contributed by atoms with Gasteiger partial charge in [-0.05, 0) is 43.3 Å². The second-order valence-electron chi connectivity index (χ2n) is 6.43. The first kappa shape index (κ1) is 25.6. The molecule has 2 aromatic rings. The number of imide groups is 1. The number of benzene rings is 1. The first-order valence-corrected chi connectivity index (χ1v) is 11.2. The second kappa shape index (κ2) is 11.8. The van der Waals surface area contributed by atoms with Crippen molar-refractivity contribution in [2.75, 3.05) is 26.3 Å². The summed E-state index contributed by atoms with van der Waals surface area (Å²) in [5.41, 5.74) is 5.05. The number of nitrogens with zero attached hydrogens (tertiary/aromatic N) is 1. The lowest BCUT2D eigenvalue weighted by Crippen LogP contribution is -2.36. The van der Waals surface area contributed by atoms with Crippen LogP contribution in [0.15, 0.2) is 47.5 Å². The Labute approximate surface area is 190 Å². The van der Waals surface area contributed by atoms with Gasteiger partial charge in [-0.25, -0.2) is 13.1 Å². The van der Waals surface area contributed by atoms with Crippen LogP contribution in [0.4, 0.5) is 0 Å². The molecule has 0 atom stereocenters. The molecule has 4 amide bonds. The summed E-state index contributed by atoms with van der Waals surface area (Å²) in [5, 5.41) is 4.62. The summed E-state index contributed by atoms with van der Waals surface area (Å²) in [6.45, 7) is 2.63. The maximum Gasteiger partial charge on any atom is 0.276 e. The summed E-state index contributed by atoms with van der Waals surface area (Å²) in [5.74, 6) is -2.90. The van der Waals surface area contributed by atoms with Gasteiger partial charge in [0.05, 0.1) is 23.6 Å². The molecule has 1 heterocycles. The van der Waals surface area contributed by atoms with Crippen LogP contribution in [0, 0.1) is 0 Å². The monoisotopic (exact) mass is 477 g/mol. The van der Waals surface area contributed by atoms with Crippen LogP contribution in [0.2, 0.25) is 0 Å². The van der Waals surface area contributed by atoms with Gasteiger partial charge in [0, 0.05) is 24.9 Å². The Bertz CT molecular complexity index is 1120. The molecular weight excluding hydrogens is 454 g/mol. The summed E-state index contributed by atoms with van der Waals surface area (Å²) in [4.78, 5) is 50.8. The number of ether oxygens (including phenoxy) is 1. The third-order valence-corrected chi connectivity index (χ3v) is 5.43. The zero-order chi connectivity index (χ0) is 24.4. The molecule has 0 fully saturated rings. The van der Waals surface area contributed by atoms with Gasteiger partial charge >= 0.3 is 0 Å². The number of carbonyl (C=O) groups is 4. The first-order valence-electron chi connectivity index (χ1n) is 9.71. The molecular formula is C20H23N5O7S. The molecule has 33 heavy (non-hydrogen) atoms. The Balaban J connectivity index is 2.01. The van der Waals surface area contributed by atoms with E-state index in [-0.39, 0.29) is 28.3 Å². The molecule has 0 radical (unpaired) electrons. The Morgan fingerprint density at radius 1 is 0.970 bits per heavy atom. The van der Waals surface area contributed by atoms with Crippen molar-refractivity contribution in [3.05, 3.63) is 59.4 Å². The van der Waals surface area contributed by atoms with Crippen molar-refractivity contribution in [1.29, 1.82) is 0 Å². The molecule has 1 aromatic heterocycles. The summed E-state index contributed by atoms with van der Waals surface area (Å²) in [6, 6.07) is 7.33. The minimum atomic E-state index is -4.24. The van der Waals surface area contributed by atoms with Crippen molar-refractivity contribution in [2.24, 2.45) is 5.73 Å². The number of nitrogens with one attached hydrogen (secondary N) is 3. The Morgan fingerprint density at radius 2 is 1.64 bits per heavy atom.